The zero-order valence-electron chi connectivity index (χ0n) is 10.3. The molecule has 1 aliphatic rings. The van der Waals surface area contributed by atoms with Gasteiger partial charge in [-0.25, -0.2) is 4.85 Å². The highest BCUT2D eigenvalue weighted by Crippen LogP contribution is 2.30. The third-order valence-electron chi connectivity index (χ3n) is 2.99. The molecule has 7 heteroatoms. The van der Waals surface area contributed by atoms with Gasteiger partial charge >= 0.3 is 0 Å². The molecule has 1 heterocycles. The van der Waals surface area contributed by atoms with E-state index in [2.05, 4.69) is 10.2 Å². The van der Waals surface area contributed by atoms with Gasteiger partial charge in [-0.3, -0.25) is 14.9 Å². The van der Waals surface area contributed by atoms with Gasteiger partial charge in [0, 0.05) is 26.1 Å². The van der Waals surface area contributed by atoms with E-state index in [1.807, 2.05) is 0 Å². The second kappa shape index (κ2) is 4.94. The Bertz CT molecular complexity index is 573. The van der Waals surface area contributed by atoms with E-state index < -0.39 is 4.92 Å². The number of nitrogens with one attached hydrogen (secondary N) is 1. The molecule has 0 unspecified atom stereocenters. The van der Waals surface area contributed by atoms with Crippen molar-refractivity contribution in [1.29, 1.82) is 0 Å². The van der Waals surface area contributed by atoms with Gasteiger partial charge in [-0.15, -0.1) is 0 Å². The highest BCUT2D eigenvalue weighted by atomic mass is 16.6. The lowest BCUT2D eigenvalue weighted by molar-refractivity contribution is -0.384. The molecule has 19 heavy (non-hydrogen) atoms. The maximum absolute atomic E-state index is 11.0. The highest BCUT2D eigenvalue weighted by molar-refractivity contribution is 5.75. The van der Waals surface area contributed by atoms with Crippen LogP contribution < -0.4 is 5.32 Å². The van der Waals surface area contributed by atoms with Crippen molar-refractivity contribution in [2.45, 2.75) is 13.0 Å². The zero-order valence-corrected chi connectivity index (χ0v) is 10.3. The summed E-state index contributed by atoms with van der Waals surface area (Å²) in [5.41, 5.74) is 0.608. The fourth-order valence-corrected chi connectivity index (χ4v) is 1.92. The molecule has 1 aromatic carbocycles. The SMILES string of the molecule is [C-]#[N+]c1ccc([N+](=O)[O-])c(NC2CN(C(C)=O)C2)c1. The summed E-state index contributed by atoms with van der Waals surface area (Å²) in [6.45, 7) is 9.45. The summed E-state index contributed by atoms with van der Waals surface area (Å²) in [7, 11) is 0. The van der Waals surface area contributed by atoms with Crippen LogP contribution in [0.4, 0.5) is 17.1 Å². The van der Waals surface area contributed by atoms with E-state index in [0.29, 0.717) is 24.5 Å². The van der Waals surface area contributed by atoms with Crippen molar-refractivity contribution in [3.63, 3.8) is 0 Å². The van der Waals surface area contributed by atoms with Crippen LogP contribution in [0.5, 0.6) is 0 Å². The molecule has 0 saturated carbocycles. The molecule has 2 rings (SSSR count). The van der Waals surface area contributed by atoms with Crippen LogP contribution in [0.15, 0.2) is 18.2 Å². The number of rotatable bonds is 3. The number of carbonyl (C=O) groups excluding carboxylic acids is 1. The fourth-order valence-electron chi connectivity index (χ4n) is 1.92. The molecule has 0 spiro atoms. The van der Waals surface area contributed by atoms with Crippen LogP contribution in [0.1, 0.15) is 6.92 Å². The van der Waals surface area contributed by atoms with Gasteiger partial charge < -0.3 is 10.2 Å². The van der Waals surface area contributed by atoms with Gasteiger partial charge in [-0.1, -0.05) is 0 Å². The van der Waals surface area contributed by atoms with Crippen molar-refractivity contribution in [2.75, 3.05) is 18.4 Å². The van der Waals surface area contributed by atoms with Crippen LogP contribution in [0.25, 0.3) is 4.85 Å². The van der Waals surface area contributed by atoms with Gasteiger partial charge in [0.05, 0.1) is 17.5 Å². The smallest absolute Gasteiger partial charge is 0.289 e. The summed E-state index contributed by atoms with van der Waals surface area (Å²) in [5.74, 6) is -0.0116. The quantitative estimate of drug-likeness (QED) is 0.510. The van der Waals surface area contributed by atoms with Crippen molar-refractivity contribution in [3.8, 4) is 0 Å². The summed E-state index contributed by atoms with van der Waals surface area (Å²) < 4.78 is 0. The second-order valence-corrected chi connectivity index (χ2v) is 4.34. The Balaban J connectivity index is 2.13. The van der Waals surface area contributed by atoms with Crippen molar-refractivity contribution < 1.29 is 9.72 Å². The first-order valence-corrected chi connectivity index (χ1v) is 5.69. The van der Waals surface area contributed by atoms with Crippen molar-refractivity contribution in [3.05, 3.63) is 39.7 Å². The number of nitrogens with zero attached hydrogens (tertiary/aromatic N) is 3. The first-order chi connectivity index (χ1) is 9.01. The van der Waals surface area contributed by atoms with Crippen LogP contribution in [-0.2, 0) is 4.79 Å². The van der Waals surface area contributed by atoms with Gasteiger partial charge in [0.1, 0.15) is 5.69 Å². The third-order valence-corrected chi connectivity index (χ3v) is 2.99. The average Bonchev–Trinajstić information content (AvgIpc) is 2.32. The lowest BCUT2D eigenvalue weighted by Gasteiger charge is -2.39. The van der Waals surface area contributed by atoms with E-state index in [4.69, 9.17) is 6.57 Å². The molecule has 0 atom stereocenters. The van der Waals surface area contributed by atoms with Crippen LogP contribution in [0.3, 0.4) is 0 Å². The molecule has 0 bridgehead atoms. The normalized spacial score (nSPS) is 14.4. The maximum atomic E-state index is 11.0. The zero-order chi connectivity index (χ0) is 14.0. The number of carbonyl (C=O) groups is 1. The molecule has 1 aliphatic heterocycles. The maximum Gasteiger partial charge on any atom is 0.289 e. The number of hydrogen-bond donors (Lipinski definition) is 1. The minimum atomic E-state index is -0.489. The van der Waals surface area contributed by atoms with Gasteiger partial charge in [-0.2, -0.15) is 0 Å². The Morgan fingerprint density at radius 3 is 2.79 bits per heavy atom. The molecule has 0 aliphatic carbocycles. The Morgan fingerprint density at radius 1 is 1.58 bits per heavy atom. The lowest BCUT2D eigenvalue weighted by atomic mass is 10.1. The van der Waals surface area contributed by atoms with Gasteiger partial charge in [-0.05, 0) is 12.1 Å². The number of anilines is 1. The van der Waals surface area contributed by atoms with Gasteiger partial charge in [0.2, 0.25) is 5.91 Å². The van der Waals surface area contributed by atoms with Crippen LogP contribution in [0.2, 0.25) is 0 Å². The summed E-state index contributed by atoms with van der Waals surface area (Å²) in [6, 6.07) is 4.18. The Hall–Kier alpha value is -2.62. The summed E-state index contributed by atoms with van der Waals surface area (Å²) in [4.78, 5) is 26.4. The number of nitro benzene ring substituents is 1. The molecule has 98 valence electrons. The predicted octanol–water partition coefficient (Wildman–Crippen LogP) is 1.79. The largest absolute Gasteiger partial charge is 0.374 e. The third kappa shape index (κ3) is 2.63. The molecule has 1 saturated heterocycles. The predicted molar refractivity (Wildman–Crippen MR) is 69.0 cm³/mol. The standard InChI is InChI=1S/C12H12N4O3/c1-8(17)15-6-10(7-15)14-11-5-9(13-2)3-4-12(11)16(18)19/h3-5,10,14H,6-7H2,1H3. The van der Waals surface area contributed by atoms with E-state index in [9.17, 15) is 14.9 Å². The van der Waals surface area contributed by atoms with E-state index in [1.165, 1.54) is 25.1 Å². The first-order valence-electron chi connectivity index (χ1n) is 5.69. The summed E-state index contributed by atoms with van der Waals surface area (Å²) in [5, 5.41) is 13.9. The number of amides is 1. The number of benzene rings is 1. The van der Waals surface area contributed by atoms with E-state index in [1.54, 1.807) is 4.90 Å². The number of nitro groups is 1. The molecule has 1 N–H and O–H groups in total. The Kier molecular flexibility index (Phi) is 3.33. The van der Waals surface area contributed by atoms with Gasteiger partial charge in [0.15, 0.2) is 5.69 Å². The minimum Gasteiger partial charge on any atom is -0.374 e. The van der Waals surface area contributed by atoms with Crippen molar-refractivity contribution in [2.24, 2.45) is 0 Å². The van der Waals surface area contributed by atoms with E-state index in [0.717, 1.165) is 0 Å². The van der Waals surface area contributed by atoms with Gasteiger partial charge in [0.25, 0.3) is 5.69 Å². The highest BCUT2D eigenvalue weighted by Gasteiger charge is 2.29. The average molecular weight is 260 g/mol. The van der Waals surface area contributed by atoms with E-state index >= 15 is 0 Å². The van der Waals surface area contributed by atoms with Crippen LogP contribution in [0, 0.1) is 16.7 Å². The molecular formula is C12H12N4O3. The van der Waals surface area contributed by atoms with Crippen molar-refractivity contribution in [1.82, 2.24) is 4.90 Å². The molecule has 1 fully saturated rings. The Morgan fingerprint density at radius 2 is 2.26 bits per heavy atom. The summed E-state index contributed by atoms with van der Waals surface area (Å²) in [6.07, 6.45) is 0. The fraction of sp³-hybridized carbons (Fsp3) is 0.333. The molecule has 7 nitrogen and oxygen atoms in total. The molecule has 1 amide bonds. The number of likely N-dealkylation sites (tertiary alicyclic amines) is 1. The Labute approximate surface area is 109 Å². The van der Waals surface area contributed by atoms with E-state index in [-0.39, 0.29) is 17.6 Å². The topological polar surface area (TPSA) is 79.8 Å². The number of hydrogen-bond acceptors (Lipinski definition) is 4. The molecule has 0 radical (unpaired) electrons. The summed E-state index contributed by atoms with van der Waals surface area (Å²) >= 11 is 0. The molecule has 0 aromatic heterocycles. The molecule has 1 aromatic rings. The first kappa shape index (κ1) is 12.8. The second-order valence-electron chi connectivity index (χ2n) is 4.34. The van der Waals surface area contributed by atoms with Crippen molar-refractivity contribution >= 4 is 23.0 Å². The molecular weight excluding hydrogens is 248 g/mol. The minimum absolute atomic E-state index is 0.0106. The van der Waals surface area contributed by atoms with Crippen LogP contribution in [-0.4, -0.2) is 34.9 Å². The lowest BCUT2D eigenvalue weighted by Crippen LogP contribution is -2.56. The monoisotopic (exact) mass is 260 g/mol. The van der Waals surface area contributed by atoms with Crippen LogP contribution >= 0.6 is 0 Å².